The minimum atomic E-state index is -0.794. The van der Waals surface area contributed by atoms with Gasteiger partial charge >= 0.3 is 12.0 Å². The number of likely N-dealkylation sites (tertiary alicyclic amines) is 1. The van der Waals surface area contributed by atoms with Crippen LogP contribution in [0.15, 0.2) is 0 Å². The first-order valence-electron chi connectivity index (χ1n) is 7.64. The van der Waals surface area contributed by atoms with Crippen LogP contribution in [0.1, 0.15) is 40.0 Å². The normalized spacial score (nSPS) is 23.4. The van der Waals surface area contributed by atoms with E-state index in [4.69, 9.17) is 4.74 Å². The summed E-state index contributed by atoms with van der Waals surface area (Å²) in [6.07, 6.45) is 1.94. The number of methoxy groups -OCH3 is 1. The number of hydrogen-bond donors (Lipinski definition) is 2. The Morgan fingerprint density at radius 1 is 1.43 bits per heavy atom. The lowest BCUT2D eigenvalue weighted by Gasteiger charge is -2.27. The standard InChI is InChI=1S/C15H28N2O4/c1-5-6-15(13(18)19)7-8-17(10-15)14(20)16-12(9-21-4)11(2)3/h11-12H,5-10H2,1-4H3,(H,16,20)(H,18,19). The molecule has 1 saturated heterocycles. The molecule has 0 spiro atoms. The predicted molar refractivity (Wildman–Crippen MR) is 80.2 cm³/mol. The number of ether oxygens (including phenoxy) is 1. The van der Waals surface area contributed by atoms with Gasteiger partial charge in [0.15, 0.2) is 0 Å². The Bertz CT molecular complexity index is 373. The Labute approximate surface area is 126 Å². The molecule has 0 aromatic rings. The fourth-order valence-electron chi connectivity index (χ4n) is 2.84. The number of carboxylic acids is 1. The maximum Gasteiger partial charge on any atom is 0.317 e. The van der Waals surface area contributed by atoms with Crippen LogP contribution >= 0.6 is 0 Å². The summed E-state index contributed by atoms with van der Waals surface area (Å²) >= 11 is 0. The van der Waals surface area contributed by atoms with Crippen molar-refractivity contribution < 1.29 is 19.4 Å². The number of nitrogens with one attached hydrogen (secondary N) is 1. The van der Waals surface area contributed by atoms with Crippen molar-refractivity contribution >= 4 is 12.0 Å². The molecule has 2 atom stereocenters. The van der Waals surface area contributed by atoms with Crippen LogP contribution in [0.3, 0.4) is 0 Å². The number of nitrogens with zero attached hydrogens (tertiary/aromatic N) is 1. The molecule has 0 aromatic carbocycles. The second-order valence-corrected chi connectivity index (χ2v) is 6.26. The minimum absolute atomic E-state index is 0.0616. The number of carbonyl (C=O) groups excluding carboxylic acids is 1. The largest absolute Gasteiger partial charge is 0.481 e. The van der Waals surface area contributed by atoms with Crippen molar-refractivity contribution in [2.75, 3.05) is 26.8 Å². The minimum Gasteiger partial charge on any atom is -0.481 e. The van der Waals surface area contributed by atoms with Crippen molar-refractivity contribution in [1.82, 2.24) is 10.2 Å². The quantitative estimate of drug-likeness (QED) is 0.753. The molecule has 2 N–H and O–H groups in total. The van der Waals surface area contributed by atoms with E-state index >= 15 is 0 Å². The molecule has 6 nitrogen and oxygen atoms in total. The van der Waals surface area contributed by atoms with E-state index in [1.165, 1.54) is 0 Å². The van der Waals surface area contributed by atoms with E-state index in [2.05, 4.69) is 5.32 Å². The average Bonchev–Trinajstić information content (AvgIpc) is 2.84. The van der Waals surface area contributed by atoms with E-state index in [-0.39, 0.29) is 18.0 Å². The molecule has 1 rings (SSSR count). The lowest BCUT2D eigenvalue weighted by Crippen LogP contribution is -2.48. The molecule has 0 bridgehead atoms. The zero-order valence-electron chi connectivity index (χ0n) is 13.5. The van der Waals surface area contributed by atoms with Crippen LogP contribution in [-0.4, -0.2) is 54.9 Å². The topological polar surface area (TPSA) is 78.9 Å². The molecule has 1 heterocycles. The molecule has 1 fully saturated rings. The number of carbonyl (C=O) groups is 2. The third-order valence-electron chi connectivity index (χ3n) is 4.28. The number of amides is 2. The van der Waals surface area contributed by atoms with E-state index in [9.17, 15) is 14.7 Å². The first kappa shape index (κ1) is 17.8. The van der Waals surface area contributed by atoms with Crippen LogP contribution in [0.4, 0.5) is 4.79 Å². The van der Waals surface area contributed by atoms with E-state index in [1.807, 2.05) is 20.8 Å². The number of hydrogen-bond acceptors (Lipinski definition) is 3. The molecule has 0 aliphatic carbocycles. The molecular weight excluding hydrogens is 272 g/mol. The van der Waals surface area contributed by atoms with Crippen LogP contribution < -0.4 is 5.32 Å². The smallest absolute Gasteiger partial charge is 0.317 e. The Morgan fingerprint density at radius 3 is 2.57 bits per heavy atom. The summed E-state index contributed by atoms with van der Waals surface area (Å²) < 4.78 is 5.12. The average molecular weight is 300 g/mol. The lowest BCUT2D eigenvalue weighted by atomic mass is 9.83. The Kier molecular flexibility index (Phi) is 6.45. The van der Waals surface area contributed by atoms with Crippen molar-refractivity contribution in [1.29, 1.82) is 0 Å². The van der Waals surface area contributed by atoms with Crippen LogP contribution in [0.25, 0.3) is 0 Å². The maximum atomic E-state index is 12.3. The predicted octanol–water partition coefficient (Wildman–Crippen LogP) is 1.94. The fourth-order valence-corrected chi connectivity index (χ4v) is 2.84. The molecule has 122 valence electrons. The molecule has 21 heavy (non-hydrogen) atoms. The second-order valence-electron chi connectivity index (χ2n) is 6.26. The van der Waals surface area contributed by atoms with Crippen LogP contribution in [0.2, 0.25) is 0 Å². The molecule has 1 aliphatic rings. The van der Waals surface area contributed by atoms with Crippen LogP contribution in [0, 0.1) is 11.3 Å². The van der Waals surface area contributed by atoms with Gasteiger partial charge < -0.3 is 20.1 Å². The van der Waals surface area contributed by atoms with Gasteiger partial charge in [-0.3, -0.25) is 4.79 Å². The Hall–Kier alpha value is -1.30. The van der Waals surface area contributed by atoms with Gasteiger partial charge in [0.2, 0.25) is 0 Å². The highest BCUT2D eigenvalue weighted by Gasteiger charge is 2.45. The zero-order valence-corrected chi connectivity index (χ0v) is 13.5. The molecule has 0 radical (unpaired) electrons. The lowest BCUT2D eigenvalue weighted by molar-refractivity contribution is -0.148. The number of urea groups is 1. The number of aliphatic carboxylic acids is 1. The molecule has 2 amide bonds. The SMILES string of the molecule is CCCC1(C(=O)O)CCN(C(=O)NC(COC)C(C)C)C1. The summed E-state index contributed by atoms with van der Waals surface area (Å²) in [5.41, 5.74) is -0.777. The fraction of sp³-hybridized carbons (Fsp3) is 0.867. The van der Waals surface area contributed by atoms with Gasteiger partial charge in [-0.15, -0.1) is 0 Å². The Balaban J connectivity index is 2.66. The van der Waals surface area contributed by atoms with Gasteiger partial charge in [0.25, 0.3) is 0 Å². The van der Waals surface area contributed by atoms with Crippen LogP contribution in [0.5, 0.6) is 0 Å². The number of rotatable bonds is 7. The molecule has 0 saturated carbocycles. The summed E-state index contributed by atoms with van der Waals surface area (Å²) in [4.78, 5) is 25.5. The molecule has 2 unspecified atom stereocenters. The summed E-state index contributed by atoms with van der Waals surface area (Å²) in [6, 6.07) is -0.251. The molecular formula is C15H28N2O4. The van der Waals surface area contributed by atoms with Crippen molar-refractivity contribution in [3.8, 4) is 0 Å². The highest BCUT2D eigenvalue weighted by Crippen LogP contribution is 2.35. The Morgan fingerprint density at radius 2 is 2.10 bits per heavy atom. The monoisotopic (exact) mass is 300 g/mol. The van der Waals surface area contributed by atoms with Gasteiger partial charge in [-0.05, 0) is 18.8 Å². The molecule has 6 heteroatoms. The second kappa shape index (κ2) is 7.64. The van der Waals surface area contributed by atoms with Crippen molar-refractivity contribution in [2.24, 2.45) is 11.3 Å². The summed E-state index contributed by atoms with van der Waals surface area (Å²) in [5.74, 6) is -0.534. The van der Waals surface area contributed by atoms with Gasteiger partial charge in [0.05, 0.1) is 18.1 Å². The highest BCUT2D eigenvalue weighted by atomic mass is 16.5. The molecule has 1 aliphatic heterocycles. The highest BCUT2D eigenvalue weighted by molar-refractivity contribution is 5.80. The summed E-state index contributed by atoms with van der Waals surface area (Å²) in [6.45, 7) is 7.26. The van der Waals surface area contributed by atoms with Gasteiger partial charge in [-0.25, -0.2) is 4.79 Å². The van der Waals surface area contributed by atoms with Gasteiger partial charge in [0.1, 0.15) is 0 Å². The van der Waals surface area contributed by atoms with E-state index in [1.54, 1.807) is 12.0 Å². The van der Waals surface area contributed by atoms with Gasteiger partial charge in [-0.2, -0.15) is 0 Å². The summed E-state index contributed by atoms with van der Waals surface area (Å²) in [5, 5.41) is 12.4. The number of carboxylic acid groups (broad SMARTS) is 1. The van der Waals surface area contributed by atoms with E-state index < -0.39 is 11.4 Å². The first-order chi connectivity index (χ1) is 9.86. The molecule has 0 aromatic heterocycles. The third kappa shape index (κ3) is 4.33. The van der Waals surface area contributed by atoms with E-state index in [0.717, 1.165) is 6.42 Å². The van der Waals surface area contributed by atoms with Gasteiger partial charge in [0, 0.05) is 20.2 Å². The van der Waals surface area contributed by atoms with E-state index in [0.29, 0.717) is 32.5 Å². The van der Waals surface area contributed by atoms with Crippen molar-refractivity contribution in [3.05, 3.63) is 0 Å². The van der Waals surface area contributed by atoms with Crippen molar-refractivity contribution in [2.45, 2.75) is 46.1 Å². The van der Waals surface area contributed by atoms with Crippen molar-refractivity contribution in [3.63, 3.8) is 0 Å². The van der Waals surface area contributed by atoms with Crippen LogP contribution in [-0.2, 0) is 9.53 Å². The maximum absolute atomic E-state index is 12.3. The van der Waals surface area contributed by atoms with Gasteiger partial charge in [-0.1, -0.05) is 27.2 Å². The first-order valence-corrected chi connectivity index (χ1v) is 7.64. The summed E-state index contributed by atoms with van der Waals surface area (Å²) in [7, 11) is 1.61. The zero-order chi connectivity index (χ0) is 16.0. The third-order valence-corrected chi connectivity index (χ3v) is 4.28.